The van der Waals surface area contributed by atoms with Crippen LogP contribution in [-0.2, 0) is 0 Å². The Morgan fingerprint density at radius 3 is 2.00 bits per heavy atom. The van der Waals surface area contributed by atoms with Crippen LogP contribution in [0, 0.1) is 13.8 Å². The third-order valence-corrected chi connectivity index (χ3v) is 3.17. The molecule has 0 unspecified atom stereocenters. The lowest BCUT2D eigenvalue weighted by Gasteiger charge is -2.10. The smallest absolute Gasteiger partial charge is 0.0613 e. The second-order valence-corrected chi connectivity index (χ2v) is 4.36. The van der Waals surface area contributed by atoms with Gasteiger partial charge in [0.2, 0.25) is 0 Å². The van der Waals surface area contributed by atoms with Crippen molar-refractivity contribution < 1.29 is 0 Å². The standard InChI is InChI=1S/C12H11Cl2N/c1-8-3-4-9(2)15(8)10-5-6-11(13)12(14)7-10/h3-7H,1-2H3. The largest absolute Gasteiger partial charge is 0.318 e. The number of halogens is 2. The fraction of sp³-hybridized carbons (Fsp3) is 0.167. The van der Waals surface area contributed by atoms with Gasteiger partial charge in [0, 0.05) is 17.1 Å². The molecule has 0 aliphatic rings. The van der Waals surface area contributed by atoms with E-state index in [2.05, 4.69) is 30.5 Å². The van der Waals surface area contributed by atoms with Gasteiger partial charge >= 0.3 is 0 Å². The Morgan fingerprint density at radius 1 is 0.867 bits per heavy atom. The summed E-state index contributed by atoms with van der Waals surface area (Å²) in [5, 5.41) is 1.17. The lowest BCUT2D eigenvalue weighted by atomic mass is 10.3. The first-order chi connectivity index (χ1) is 7.09. The highest BCUT2D eigenvalue weighted by Gasteiger charge is 2.05. The van der Waals surface area contributed by atoms with Gasteiger partial charge in [-0.1, -0.05) is 23.2 Å². The summed E-state index contributed by atoms with van der Waals surface area (Å²) in [6, 6.07) is 9.83. The van der Waals surface area contributed by atoms with Crippen LogP contribution in [0.4, 0.5) is 0 Å². The highest BCUT2D eigenvalue weighted by atomic mass is 35.5. The molecule has 0 aliphatic carbocycles. The molecular weight excluding hydrogens is 229 g/mol. The minimum Gasteiger partial charge on any atom is -0.318 e. The number of aryl methyl sites for hydroxylation is 2. The lowest BCUT2D eigenvalue weighted by molar-refractivity contribution is 0.966. The van der Waals surface area contributed by atoms with Crippen LogP contribution in [-0.4, -0.2) is 4.57 Å². The van der Waals surface area contributed by atoms with Crippen LogP contribution >= 0.6 is 23.2 Å². The molecular formula is C12H11Cl2N. The Labute approximate surface area is 99.2 Å². The first kappa shape index (κ1) is 10.6. The molecule has 0 fully saturated rings. The Kier molecular flexibility index (Phi) is 2.76. The van der Waals surface area contributed by atoms with E-state index >= 15 is 0 Å². The Bertz CT molecular complexity index is 481. The highest BCUT2D eigenvalue weighted by molar-refractivity contribution is 6.42. The van der Waals surface area contributed by atoms with Crippen LogP contribution in [0.2, 0.25) is 10.0 Å². The van der Waals surface area contributed by atoms with Crippen LogP contribution in [0.15, 0.2) is 30.3 Å². The minimum atomic E-state index is 0.585. The van der Waals surface area contributed by atoms with Gasteiger partial charge in [-0.05, 0) is 44.2 Å². The van der Waals surface area contributed by atoms with Crippen molar-refractivity contribution in [1.82, 2.24) is 4.57 Å². The number of hydrogen-bond donors (Lipinski definition) is 0. The molecule has 0 amide bonds. The molecule has 2 aromatic rings. The number of aromatic nitrogens is 1. The fourth-order valence-corrected chi connectivity index (χ4v) is 1.99. The van der Waals surface area contributed by atoms with Gasteiger partial charge in [0.25, 0.3) is 0 Å². The van der Waals surface area contributed by atoms with E-state index in [1.54, 1.807) is 0 Å². The highest BCUT2D eigenvalue weighted by Crippen LogP contribution is 2.26. The van der Waals surface area contributed by atoms with Gasteiger partial charge < -0.3 is 4.57 Å². The van der Waals surface area contributed by atoms with Crippen LogP contribution in [0.3, 0.4) is 0 Å². The average Bonchev–Trinajstić information content (AvgIpc) is 2.52. The molecule has 0 N–H and O–H groups in total. The van der Waals surface area contributed by atoms with Gasteiger partial charge in [-0.2, -0.15) is 0 Å². The topological polar surface area (TPSA) is 4.93 Å². The normalized spacial score (nSPS) is 10.7. The van der Waals surface area contributed by atoms with E-state index in [4.69, 9.17) is 23.2 Å². The third kappa shape index (κ3) is 1.90. The van der Waals surface area contributed by atoms with Crippen molar-refractivity contribution in [2.75, 3.05) is 0 Å². The van der Waals surface area contributed by atoms with Crippen molar-refractivity contribution in [3.63, 3.8) is 0 Å². The van der Waals surface area contributed by atoms with Gasteiger partial charge in [-0.3, -0.25) is 0 Å². The number of nitrogens with zero attached hydrogens (tertiary/aromatic N) is 1. The zero-order valence-corrected chi connectivity index (χ0v) is 10.1. The van der Waals surface area contributed by atoms with E-state index in [9.17, 15) is 0 Å². The molecule has 3 heteroatoms. The van der Waals surface area contributed by atoms with Gasteiger partial charge in [-0.25, -0.2) is 0 Å². The molecule has 78 valence electrons. The van der Waals surface area contributed by atoms with Gasteiger partial charge in [0.15, 0.2) is 0 Å². The molecule has 1 aromatic carbocycles. The number of benzene rings is 1. The first-order valence-corrected chi connectivity index (χ1v) is 5.45. The van der Waals surface area contributed by atoms with Gasteiger partial charge in [-0.15, -0.1) is 0 Å². The summed E-state index contributed by atoms with van der Waals surface area (Å²) in [6.45, 7) is 4.13. The number of rotatable bonds is 1. The second-order valence-electron chi connectivity index (χ2n) is 3.55. The van der Waals surface area contributed by atoms with Crippen LogP contribution in [0.25, 0.3) is 5.69 Å². The quantitative estimate of drug-likeness (QED) is 0.696. The first-order valence-electron chi connectivity index (χ1n) is 4.70. The van der Waals surface area contributed by atoms with Gasteiger partial charge in [0.05, 0.1) is 10.0 Å². The van der Waals surface area contributed by atoms with E-state index in [1.807, 2.05) is 18.2 Å². The zero-order valence-electron chi connectivity index (χ0n) is 8.59. The summed E-state index contributed by atoms with van der Waals surface area (Å²) in [6.07, 6.45) is 0. The van der Waals surface area contributed by atoms with E-state index < -0.39 is 0 Å². The predicted octanol–water partition coefficient (Wildman–Crippen LogP) is 4.40. The Hall–Kier alpha value is -0.920. The maximum atomic E-state index is 5.99. The van der Waals surface area contributed by atoms with Gasteiger partial charge in [0.1, 0.15) is 0 Å². The molecule has 0 radical (unpaired) electrons. The van der Waals surface area contributed by atoms with Crippen LogP contribution < -0.4 is 0 Å². The maximum Gasteiger partial charge on any atom is 0.0613 e. The Morgan fingerprint density at radius 2 is 1.47 bits per heavy atom. The summed E-state index contributed by atoms with van der Waals surface area (Å²) in [5.74, 6) is 0. The molecule has 0 saturated heterocycles. The maximum absolute atomic E-state index is 5.99. The molecule has 0 saturated carbocycles. The van der Waals surface area contributed by atoms with Crippen molar-refractivity contribution >= 4 is 23.2 Å². The molecule has 0 atom stereocenters. The monoisotopic (exact) mass is 239 g/mol. The third-order valence-electron chi connectivity index (χ3n) is 2.43. The molecule has 15 heavy (non-hydrogen) atoms. The van der Waals surface area contributed by atoms with Crippen LogP contribution in [0.1, 0.15) is 11.4 Å². The number of hydrogen-bond acceptors (Lipinski definition) is 0. The van der Waals surface area contributed by atoms with E-state index in [0.29, 0.717) is 10.0 Å². The molecule has 0 aliphatic heterocycles. The summed E-state index contributed by atoms with van der Waals surface area (Å²) >= 11 is 11.9. The lowest BCUT2D eigenvalue weighted by Crippen LogP contribution is -1.98. The van der Waals surface area contributed by atoms with Crippen molar-refractivity contribution in [1.29, 1.82) is 0 Å². The van der Waals surface area contributed by atoms with Crippen molar-refractivity contribution in [2.24, 2.45) is 0 Å². The van der Waals surface area contributed by atoms with E-state index in [-0.39, 0.29) is 0 Å². The molecule has 0 bridgehead atoms. The molecule has 0 spiro atoms. The zero-order chi connectivity index (χ0) is 11.0. The summed E-state index contributed by atoms with van der Waals surface area (Å²) < 4.78 is 2.14. The Balaban J connectivity index is 2.59. The molecule has 1 aromatic heterocycles. The second kappa shape index (κ2) is 3.92. The summed E-state index contributed by atoms with van der Waals surface area (Å²) in [4.78, 5) is 0. The SMILES string of the molecule is Cc1ccc(C)n1-c1ccc(Cl)c(Cl)c1. The fourth-order valence-electron chi connectivity index (χ4n) is 1.70. The van der Waals surface area contributed by atoms with E-state index in [1.165, 1.54) is 11.4 Å². The average molecular weight is 240 g/mol. The van der Waals surface area contributed by atoms with Crippen molar-refractivity contribution in [2.45, 2.75) is 13.8 Å². The summed E-state index contributed by atoms with van der Waals surface area (Å²) in [5.41, 5.74) is 3.42. The van der Waals surface area contributed by atoms with Crippen molar-refractivity contribution in [3.05, 3.63) is 51.8 Å². The molecule has 2 rings (SSSR count). The minimum absolute atomic E-state index is 0.585. The molecule has 1 heterocycles. The summed E-state index contributed by atoms with van der Waals surface area (Å²) in [7, 11) is 0. The van der Waals surface area contributed by atoms with Crippen LogP contribution in [0.5, 0.6) is 0 Å². The predicted molar refractivity (Wildman–Crippen MR) is 65.3 cm³/mol. The van der Waals surface area contributed by atoms with Crippen molar-refractivity contribution in [3.8, 4) is 5.69 Å². The molecule has 1 nitrogen and oxygen atoms in total. The van der Waals surface area contributed by atoms with E-state index in [0.717, 1.165) is 5.69 Å².